The van der Waals surface area contributed by atoms with Crippen LogP contribution in [-0.4, -0.2) is 25.6 Å². The van der Waals surface area contributed by atoms with Gasteiger partial charge in [0, 0.05) is 6.42 Å². The van der Waals surface area contributed by atoms with E-state index in [-0.39, 0.29) is 17.4 Å². The second-order valence-electron chi connectivity index (χ2n) is 6.13. The molecule has 0 aliphatic heterocycles. The summed E-state index contributed by atoms with van der Waals surface area (Å²) in [6, 6.07) is 5.83. The summed E-state index contributed by atoms with van der Waals surface area (Å²) in [7, 11) is 1.72. The van der Waals surface area contributed by atoms with Crippen molar-refractivity contribution in [3.8, 4) is 5.75 Å². The highest BCUT2D eigenvalue weighted by Gasteiger charge is 2.19. The largest absolute Gasteiger partial charge is 0.493 e. The van der Waals surface area contributed by atoms with Crippen LogP contribution in [0.1, 0.15) is 38.3 Å². The second kappa shape index (κ2) is 6.75. The molecular weight excluding hydrogens is 252 g/mol. The summed E-state index contributed by atoms with van der Waals surface area (Å²) in [6.45, 7) is 9.01. The van der Waals surface area contributed by atoms with Crippen molar-refractivity contribution in [2.75, 3.05) is 13.7 Å². The number of benzene rings is 1. The monoisotopic (exact) mass is 278 g/mol. The van der Waals surface area contributed by atoms with Crippen LogP contribution < -0.4 is 15.8 Å². The van der Waals surface area contributed by atoms with Crippen LogP contribution in [0, 0.1) is 6.92 Å². The van der Waals surface area contributed by atoms with Crippen molar-refractivity contribution < 1.29 is 9.53 Å². The molecule has 4 nitrogen and oxygen atoms in total. The SMILES string of the molecule is CNC(CCOc1ccc(C)cc1C(C)(C)C)C(N)=O. The molecule has 0 aromatic heterocycles. The van der Waals surface area contributed by atoms with Crippen LogP contribution in [0.25, 0.3) is 0 Å². The highest BCUT2D eigenvalue weighted by atomic mass is 16.5. The van der Waals surface area contributed by atoms with E-state index in [2.05, 4.69) is 39.1 Å². The quantitative estimate of drug-likeness (QED) is 0.838. The zero-order valence-corrected chi connectivity index (χ0v) is 13.1. The smallest absolute Gasteiger partial charge is 0.234 e. The predicted octanol–water partition coefficient (Wildman–Crippen LogP) is 2.13. The normalized spacial score (nSPS) is 13.1. The van der Waals surface area contributed by atoms with Crippen molar-refractivity contribution in [1.29, 1.82) is 0 Å². The van der Waals surface area contributed by atoms with Gasteiger partial charge in [0.05, 0.1) is 12.6 Å². The average Bonchev–Trinajstić information content (AvgIpc) is 2.34. The van der Waals surface area contributed by atoms with Gasteiger partial charge in [0.15, 0.2) is 0 Å². The highest BCUT2D eigenvalue weighted by Crippen LogP contribution is 2.32. The van der Waals surface area contributed by atoms with Crippen molar-refractivity contribution in [2.24, 2.45) is 5.73 Å². The van der Waals surface area contributed by atoms with E-state index in [0.29, 0.717) is 13.0 Å². The van der Waals surface area contributed by atoms with Gasteiger partial charge >= 0.3 is 0 Å². The number of hydrogen-bond acceptors (Lipinski definition) is 3. The van der Waals surface area contributed by atoms with Gasteiger partial charge in [-0.15, -0.1) is 0 Å². The van der Waals surface area contributed by atoms with Crippen molar-refractivity contribution in [1.82, 2.24) is 5.32 Å². The van der Waals surface area contributed by atoms with Crippen LogP contribution in [0.5, 0.6) is 5.75 Å². The number of ether oxygens (including phenoxy) is 1. The van der Waals surface area contributed by atoms with Crippen LogP contribution in [-0.2, 0) is 10.2 Å². The Morgan fingerprint density at radius 2 is 2.05 bits per heavy atom. The fourth-order valence-electron chi connectivity index (χ4n) is 2.07. The van der Waals surface area contributed by atoms with Gasteiger partial charge in [-0.25, -0.2) is 0 Å². The first-order valence-corrected chi connectivity index (χ1v) is 6.96. The van der Waals surface area contributed by atoms with E-state index in [4.69, 9.17) is 10.5 Å². The van der Waals surface area contributed by atoms with E-state index in [0.717, 1.165) is 5.75 Å². The third kappa shape index (κ3) is 4.53. The first-order chi connectivity index (χ1) is 9.25. The summed E-state index contributed by atoms with van der Waals surface area (Å²) in [5.74, 6) is 0.526. The molecule has 1 aromatic carbocycles. The van der Waals surface area contributed by atoms with Crippen LogP contribution in [0.3, 0.4) is 0 Å². The van der Waals surface area contributed by atoms with Crippen molar-refractivity contribution in [3.63, 3.8) is 0 Å². The Labute approximate surface area is 121 Å². The van der Waals surface area contributed by atoms with E-state index < -0.39 is 0 Å². The Balaban J connectivity index is 2.76. The molecule has 3 N–H and O–H groups in total. The number of aryl methyl sites for hydroxylation is 1. The average molecular weight is 278 g/mol. The van der Waals surface area contributed by atoms with Gasteiger partial charge in [-0.05, 0) is 31.0 Å². The molecule has 1 unspecified atom stereocenters. The summed E-state index contributed by atoms with van der Waals surface area (Å²) in [4.78, 5) is 11.1. The molecule has 0 saturated heterocycles. The molecule has 0 bridgehead atoms. The molecule has 0 aliphatic rings. The number of rotatable bonds is 6. The molecule has 1 aromatic rings. The molecule has 112 valence electrons. The molecule has 0 fully saturated rings. The molecule has 0 aliphatic carbocycles. The van der Waals surface area contributed by atoms with E-state index in [1.807, 2.05) is 12.1 Å². The molecule has 0 heterocycles. The lowest BCUT2D eigenvalue weighted by Crippen LogP contribution is -2.40. The number of likely N-dealkylation sites (N-methyl/N-ethyl adjacent to an activating group) is 1. The lowest BCUT2D eigenvalue weighted by molar-refractivity contribution is -0.120. The highest BCUT2D eigenvalue weighted by molar-refractivity contribution is 5.79. The first kappa shape index (κ1) is 16.5. The standard InChI is InChI=1S/C16H26N2O2/c1-11-6-7-14(12(10-11)16(2,3)4)20-9-8-13(18-5)15(17)19/h6-7,10,13,18H,8-9H2,1-5H3,(H2,17,19). The zero-order chi connectivity index (χ0) is 15.3. The summed E-state index contributed by atoms with van der Waals surface area (Å²) < 4.78 is 5.85. The van der Waals surface area contributed by atoms with Crippen molar-refractivity contribution in [2.45, 2.75) is 45.6 Å². The minimum Gasteiger partial charge on any atom is -0.493 e. The fourth-order valence-corrected chi connectivity index (χ4v) is 2.07. The minimum absolute atomic E-state index is 0.0213. The van der Waals surface area contributed by atoms with Gasteiger partial charge in [-0.2, -0.15) is 0 Å². The van der Waals surface area contributed by atoms with Crippen LogP contribution >= 0.6 is 0 Å². The number of nitrogens with two attached hydrogens (primary N) is 1. The lowest BCUT2D eigenvalue weighted by Gasteiger charge is -2.24. The van der Waals surface area contributed by atoms with Gasteiger partial charge in [0.25, 0.3) is 0 Å². The molecule has 20 heavy (non-hydrogen) atoms. The Morgan fingerprint density at radius 1 is 1.40 bits per heavy atom. The molecule has 0 radical (unpaired) electrons. The van der Waals surface area contributed by atoms with E-state index in [1.165, 1.54) is 11.1 Å². The molecule has 4 heteroatoms. The molecule has 0 spiro atoms. The number of primary amides is 1. The van der Waals surface area contributed by atoms with Crippen LogP contribution in [0.15, 0.2) is 18.2 Å². The topological polar surface area (TPSA) is 64.3 Å². The molecule has 0 saturated carbocycles. The maximum atomic E-state index is 11.1. The second-order valence-corrected chi connectivity index (χ2v) is 6.13. The zero-order valence-electron chi connectivity index (χ0n) is 13.1. The van der Waals surface area contributed by atoms with E-state index >= 15 is 0 Å². The van der Waals surface area contributed by atoms with Crippen molar-refractivity contribution in [3.05, 3.63) is 29.3 Å². The van der Waals surface area contributed by atoms with Gasteiger partial charge < -0.3 is 15.8 Å². The summed E-state index contributed by atoms with van der Waals surface area (Å²) >= 11 is 0. The number of amides is 1. The molecule has 1 atom stereocenters. The number of nitrogens with one attached hydrogen (secondary N) is 1. The minimum atomic E-state index is -0.351. The first-order valence-electron chi connectivity index (χ1n) is 6.96. The maximum Gasteiger partial charge on any atom is 0.234 e. The van der Waals surface area contributed by atoms with Crippen LogP contribution in [0.2, 0.25) is 0 Å². The Morgan fingerprint density at radius 3 is 2.55 bits per heavy atom. The van der Waals surface area contributed by atoms with Crippen LogP contribution in [0.4, 0.5) is 0 Å². The third-order valence-corrected chi connectivity index (χ3v) is 3.30. The summed E-state index contributed by atoms with van der Waals surface area (Å²) in [6.07, 6.45) is 0.559. The molecule has 1 amide bonds. The van der Waals surface area contributed by atoms with Gasteiger partial charge in [0.1, 0.15) is 5.75 Å². The van der Waals surface area contributed by atoms with E-state index in [1.54, 1.807) is 7.05 Å². The third-order valence-electron chi connectivity index (χ3n) is 3.30. The Kier molecular flexibility index (Phi) is 5.57. The summed E-state index contributed by atoms with van der Waals surface area (Å²) in [5.41, 5.74) is 7.70. The van der Waals surface area contributed by atoms with Gasteiger partial charge in [0.2, 0.25) is 5.91 Å². The summed E-state index contributed by atoms with van der Waals surface area (Å²) in [5, 5.41) is 2.89. The Bertz CT molecular complexity index is 464. The predicted molar refractivity (Wildman–Crippen MR) is 82.0 cm³/mol. The molecular formula is C16H26N2O2. The molecule has 1 rings (SSSR count). The van der Waals surface area contributed by atoms with E-state index in [9.17, 15) is 4.79 Å². The number of carbonyl (C=O) groups excluding carboxylic acids is 1. The maximum absolute atomic E-state index is 11.1. The lowest BCUT2D eigenvalue weighted by atomic mass is 9.85. The number of carbonyl (C=O) groups is 1. The fraction of sp³-hybridized carbons (Fsp3) is 0.562. The number of hydrogen-bond donors (Lipinski definition) is 2. The van der Waals surface area contributed by atoms with Crippen molar-refractivity contribution >= 4 is 5.91 Å². The van der Waals surface area contributed by atoms with Gasteiger partial charge in [-0.1, -0.05) is 38.5 Å². The van der Waals surface area contributed by atoms with Gasteiger partial charge in [-0.3, -0.25) is 4.79 Å². The Hall–Kier alpha value is -1.55.